The molecule has 18 heavy (non-hydrogen) atoms. The van der Waals surface area contributed by atoms with E-state index in [0.29, 0.717) is 4.51 Å². The fourth-order valence-corrected chi connectivity index (χ4v) is 1.51. The summed E-state index contributed by atoms with van der Waals surface area (Å²) in [5.41, 5.74) is 0.208. The summed E-state index contributed by atoms with van der Waals surface area (Å²) in [5.74, 6) is -1.32. The molecule has 0 aromatic rings. The van der Waals surface area contributed by atoms with Crippen molar-refractivity contribution in [2.24, 2.45) is 0 Å². The second-order valence-electron chi connectivity index (χ2n) is 3.58. The van der Waals surface area contributed by atoms with Gasteiger partial charge in [-0.25, -0.2) is 0 Å². The first kappa shape index (κ1) is 16.7. The minimum atomic E-state index is -1.54. The number of rotatable bonds is 7. The van der Waals surface area contributed by atoms with Crippen molar-refractivity contribution in [1.82, 2.24) is 0 Å². The topological polar surface area (TPSA) is 69.7 Å². The molecule has 0 aliphatic rings. The van der Waals surface area contributed by atoms with Crippen LogP contribution >= 0.6 is 0 Å². The van der Waals surface area contributed by atoms with Gasteiger partial charge >= 0.3 is 111 Å². The van der Waals surface area contributed by atoms with Crippen molar-refractivity contribution in [3.63, 3.8) is 0 Å². The Balaban J connectivity index is 4.03. The molecule has 0 bridgehead atoms. The van der Waals surface area contributed by atoms with Crippen LogP contribution in [0.25, 0.3) is 0 Å². The van der Waals surface area contributed by atoms with Gasteiger partial charge in [0.2, 0.25) is 0 Å². The Kier molecular flexibility index (Phi) is 7.38. The van der Waals surface area contributed by atoms with Crippen LogP contribution in [-0.4, -0.2) is 24.6 Å². The quantitative estimate of drug-likeness (QED) is 0.531. The van der Waals surface area contributed by atoms with Gasteiger partial charge in [-0.3, -0.25) is 0 Å². The van der Waals surface area contributed by atoms with E-state index < -0.39 is 31.6 Å². The number of carbonyl (C=O) groups excluding carboxylic acids is 2. The maximum atomic E-state index is 11.4. The first-order valence-corrected chi connectivity index (χ1v) is 6.88. The molecular weight excluding hydrogens is 283 g/mol. The summed E-state index contributed by atoms with van der Waals surface area (Å²) in [4.78, 5) is 22.5. The van der Waals surface area contributed by atoms with Crippen molar-refractivity contribution >= 4 is 11.9 Å². The van der Waals surface area contributed by atoms with Crippen LogP contribution in [0.3, 0.4) is 0 Å². The molecule has 1 atom stereocenters. The summed E-state index contributed by atoms with van der Waals surface area (Å²) in [5, 5.41) is 0.217. The molecule has 0 fully saturated rings. The number of ether oxygens (including phenoxy) is 2. The SMILES string of the molecule is C=C(C)C(=O)OC(C)C(=O)OC[CH2][Co](=[O])[C](=C)C. The first-order chi connectivity index (χ1) is 8.25. The van der Waals surface area contributed by atoms with E-state index in [-0.39, 0.29) is 17.5 Å². The summed E-state index contributed by atoms with van der Waals surface area (Å²) in [7, 11) is 0. The third-order valence-electron chi connectivity index (χ3n) is 1.75. The van der Waals surface area contributed by atoms with Crippen LogP contribution in [0.1, 0.15) is 20.8 Å². The van der Waals surface area contributed by atoms with E-state index in [4.69, 9.17) is 9.47 Å². The maximum absolute atomic E-state index is 11.4. The van der Waals surface area contributed by atoms with Crippen molar-refractivity contribution in [3.05, 3.63) is 23.2 Å². The summed E-state index contributed by atoms with van der Waals surface area (Å²) < 4.78 is 21.5. The zero-order valence-electron chi connectivity index (χ0n) is 10.8. The third-order valence-corrected chi connectivity index (χ3v) is 3.42. The average molecular weight is 301 g/mol. The van der Waals surface area contributed by atoms with Crippen LogP contribution in [0.4, 0.5) is 0 Å². The summed E-state index contributed by atoms with van der Waals surface area (Å²) in [6, 6.07) is 0. The van der Waals surface area contributed by atoms with Gasteiger partial charge in [-0.15, -0.1) is 0 Å². The second-order valence-corrected chi connectivity index (χ2v) is 5.87. The normalized spacial score (nSPS) is 12.3. The number of hydrogen-bond acceptors (Lipinski definition) is 5. The Morgan fingerprint density at radius 3 is 2.28 bits per heavy atom. The first-order valence-electron chi connectivity index (χ1n) is 5.20. The van der Waals surface area contributed by atoms with Gasteiger partial charge in [0.15, 0.2) is 0 Å². The van der Waals surface area contributed by atoms with Crippen LogP contribution in [0, 0.1) is 0 Å². The number of allylic oxidation sites excluding steroid dienone is 1. The van der Waals surface area contributed by atoms with Crippen LogP contribution in [-0.2, 0) is 36.5 Å². The molecule has 5 nitrogen and oxygen atoms in total. The molecule has 6 heteroatoms. The average Bonchev–Trinajstić information content (AvgIpc) is 2.27. The van der Waals surface area contributed by atoms with Crippen molar-refractivity contribution in [2.75, 3.05) is 6.61 Å². The molecular formula is C12H18CoO5. The van der Waals surface area contributed by atoms with Crippen LogP contribution in [0.5, 0.6) is 0 Å². The molecule has 0 saturated carbocycles. The molecule has 0 amide bonds. The molecule has 105 valence electrons. The predicted molar refractivity (Wildman–Crippen MR) is 61.6 cm³/mol. The van der Waals surface area contributed by atoms with Gasteiger partial charge in [0.1, 0.15) is 0 Å². The van der Waals surface area contributed by atoms with Crippen LogP contribution in [0.2, 0.25) is 5.36 Å². The van der Waals surface area contributed by atoms with Crippen LogP contribution in [0.15, 0.2) is 23.2 Å². The van der Waals surface area contributed by atoms with Crippen molar-refractivity contribution < 1.29 is 36.5 Å². The van der Waals surface area contributed by atoms with E-state index >= 15 is 0 Å². The molecule has 0 aliphatic heterocycles. The van der Waals surface area contributed by atoms with Crippen molar-refractivity contribution in [3.8, 4) is 0 Å². The molecule has 0 aromatic carbocycles. The molecule has 0 aliphatic carbocycles. The van der Waals surface area contributed by atoms with E-state index in [1.54, 1.807) is 6.92 Å². The monoisotopic (exact) mass is 301 g/mol. The van der Waals surface area contributed by atoms with Crippen LogP contribution < -0.4 is 0 Å². The molecule has 0 N–H and O–H groups in total. The zero-order chi connectivity index (χ0) is 14.3. The minimum absolute atomic E-state index is 0.00875. The Labute approximate surface area is 111 Å². The molecule has 1 unspecified atom stereocenters. The van der Waals surface area contributed by atoms with Gasteiger partial charge in [-0.2, -0.15) is 0 Å². The summed E-state index contributed by atoms with van der Waals surface area (Å²) in [6.07, 6.45) is -1.00. The van der Waals surface area contributed by atoms with E-state index in [1.165, 1.54) is 13.8 Å². The number of hydrogen-bond donors (Lipinski definition) is 0. The Bertz CT molecular complexity index is 386. The third kappa shape index (κ3) is 6.46. The van der Waals surface area contributed by atoms with Gasteiger partial charge in [0.05, 0.1) is 0 Å². The predicted octanol–water partition coefficient (Wildman–Crippen LogP) is 1.95. The second kappa shape index (κ2) is 7.94. The molecule has 0 radical (unpaired) electrons. The fraction of sp³-hybridized carbons (Fsp3) is 0.500. The number of carbonyl (C=O) groups is 2. The van der Waals surface area contributed by atoms with Gasteiger partial charge in [0.25, 0.3) is 0 Å². The zero-order valence-corrected chi connectivity index (χ0v) is 11.8. The van der Waals surface area contributed by atoms with E-state index in [9.17, 15) is 13.5 Å². The Hall–Kier alpha value is -1.27. The number of esters is 2. The van der Waals surface area contributed by atoms with E-state index in [0.717, 1.165) is 0 Å². The van der Waals surface area contributed by atoms with E-state index in [1.807, 2.05) is 0 Å². The van der Waals surface area contributed by atoms with E-state index in [2.05, 4.69) is 13.2 Å². The van der Waals surface area contributed by atoms with Crippen molar-refractivity contribution in [1.29, 1.82) is 0 Å². The van der Waals surface area contributed by atoms with Gasteiger partial charge in [-0.05, 0) is 0 Å². The molecule has 0 spiro atoms. The van der Waals surface area contributed by atoms with Gasteiger partial charge in [0, 0.05) is 0 Å². The molecule has 0 rings (SSSR count). The van der Waals surface area contributed by atoms with Gasteiger partial charge < -0.3 is 0 Å². The van der Waals surface area contributed by atoms with Gasteiger partial charge in [-0.1, -0.05) is 0 Å². The summed E-state index contributed by atoms with van der Waals surface area (Å²) >= 11 is -1.54. The molecule has 0 heterocycles. The van der Waals surface area contributed by atoms with Crippen molar-refractivity contribution in [2.45, 2.75) is 32.2 Å². The molecule has 0 aromatic heterocycles. The Morgan fingerprint density at radius 1 is 1.28 bits per heavy atom. The summed E-state index contributed by atoms with van der Waals surface area (Å²) in [6.45, 7) is 11.5. The Morgan fingerprint density at radius 2 is 1.83 bits per heavy atom. The standard InChI is InChI=1S/C9H13O4.C3H5.Co.O/c1-5-12-9(11)7(4)13-8(10)6(2)3;1-3-2;;/h7H,1-2,5H2,3-4H3;1H2,2H3;;. The molecule has 0 saturated heterocycles. The fourth-order valence-electron chi connectivity index (χ4n) is 0.765.